The number of hydrogen-bond acceptors (Lipinski definition) is 3. The quantitative estimate of drug-likeness (QED) is 0.792. The number of benzene rings is 1. The molecular formula is C13H8ClF2NO2. The fraction of sp³-hybridized carbons (Fsp3) is 0.0769. The summed E-state index contributed by atoms with van der Waals surface area (Å²) in [5, 5.41) is -0.107. The van der Waals surface area contributed by atoms with Crippen LogP contribution in [-0.2, 0) is 4.74 Å². The van der Waals surface area contributed by atoms with Crippen molar-refractivity contribution in [2.45, 2.75) is 0 Å². The predicted molar refractivity (Wildman–Crippen MR) is 65.9 cm³/mol. The third kappa shape index (κ3) is 2.56. The summed E-state index contributed by atoms with van der Waals surface area (Å²) in [6, 6.07) is 4.58. The maximum Gasteiger partial charge on any atom is 0.339 e. The molecule has 0 amide bonds. The highest BCUT2D eigenvalue weighted by atomic mass is 35.5. The van der Waals surface area contributed by atoms with Crippen molar-refractivity contribution in [2.24, 2.45) is 0 Å². The fourth-order valence-corrected chi connectivity index (χ4v) is 1.81. The van der Waals surface area contributed by atoms with Crippen LogP contribution in [0.15, 0.2) is 30.5 Å². The first-order chi connectivity index (χ1) is 9.04. The van der Waals surface area contributed by atoms with Crippen molar-refractivity contribution in [3.8, 4) is 11.3 Å². The van der Waals surface area contributed by atoms with E-state index in [4.69, 9.17) is 11.6 Å². The van der Waals surface area contributed by atoms with Crippen molar-refractivity contribution in [3.63, 3.8) is 0 Å². The molecule has 98 valence electrons. The number of methoxy groups -OCH3 is 1. The molecule has 0 aliphatic carbocycles. The number of aromatic nitrogens is 1. The lowest BCUT2D eigenvalue weighted by Gasteiger charge is -2.08. The summed E-state index contributed by atoms with van der Waals surface area (Å²) in [6.45, 7) is 0. The molecule has 0 saturated heterocycles. The third-order valence-corrected chi connectivity index (χ3v) is 2.79. The summed E-state index contributed by atoms with van der Waals surface area (Å²) >= 11 is 5.75. The first-order valence-electron chi connectivity index (χ1n) is 5.23. The van der Waals surface area contributed by atoms with Crippen LogP contribution in [0.4, 0.5) is 8.78 Å². The van der Waals surface area contributed by atoms with Crippen LogP contribution in [0.3, 0.4) is 0 Å². The smallest absolute Gasteiger partial charge is 0.339 e. The van der Waals surface area contributed by atoms with Gasteiger partial charge in [0.05, 0.1) is 17.7 Å². The van der Waals surface area contributed by atoms with Crippen molar-refractivity contribution >= 4 is 17.6 Å². The van der Waals surface area contributed by atoms with Crippen molar-refractivity contribution in [1.82, 2.24) is 4.98 Å². The van der Waals surface area contributed by atoms with Gasteiger partial charge in [-0.15, -0.1) is 0 Å². The minimum atomic E-state index is -0.768. The Morgan fingerprint density at radius 1 is 1.32 bits per heavy atom. The van der Waals surface area contributed by atoms with E-state index in [-0.39, 0.29) is 21.8 Å². The highest BCUT2D eigenvalue weighted by Crippen LogP contribution is 2.29. The minimum Gasteiger partial charge on any atom is -0.465 e. The van der Waals surface area contributed by atoms with Crippen molar-refractivity contribution in [3.05, 3.63) is 52.7 Å². The van der Waals surface area contributed by atoms with Crippen molar-refractivity contribution < 1.29 is 18.3 Å². The zero-order valence-electron chi connectivity index (χ0n) is 9.78. The van der Waals surface area contributed by atoms with Gasteiger partial charge >= 0.3 is 5.97 Å². The van der Waals surface area contributed by atoms with Gasteiger partial charge in [0.1, 0.15) is 17.3 Å². The normalized spacial score (nSPS) is 10.3. The molecule has 19 heavy (non-hydrogen) atoms. The molecule has 6 heteroatoms. The second-order valence-electron chi connectivity index (χ2n) is 3.64. The first kappa shape index (κ1) is 13.4. The van der Waals surface area contributed by atoms with Gasteiger partial charge in [0.15, 0.2) is 0 Å². The molecule has 1 heterocycles. The van der Waals surface area contributed by atoms with Gasteiger partial charge in [0, 0.05) is 11.8 Å². The molecule has 0 aliphatic heterocycles. The Morgan fingerprint density at radius 3 is 2.68 bits per heavy atom. The van der Waals surface area contributed by atoms with Crippen LogP contribution in [0, 0.1) is 11.6 Å². The number of halogens is 3. The van der Waals surface area contributed by atoms with Gasteiger partial charge in [-0.2, -0.15) is 0 Å². The molecular weight excluding hydrogens is 276 g/mol. The predicted octanol–water partition coefficient (Wildman–Crippen LogP) is 3.47. The van der Waals surface area contributed by atoms with Gasteiger partial charge in [0.2, 0.25) is 0 Å². The topological polar surface area (TPSA) is 39.2 Å². The molecule has 0 saturated carbocycles. The Balaban J connectivity index is 2.65. The second-order valence-corrected chi connectivity index (χ2v) is 4.04. The Hall–Kier alpha value is -2.01. The zero-order valence-corrected chi connectivity index (χ0v) is 10.5. The SMILES string of the molecule is COC(=O)c1cc(-c2ncccc2F)c(F)cc1Cl. The van der Waals surface area contributed by atoms with Crippen LogP contribution in [0.25, 0.3) is 11.3 Å². The summed E-state index contributed by atoms with van der Waals surface area (Å²) in [6.07, 6.45) is 1.32. The standard InChI is InChI=1S/C13H8ClF2NO2/c1-19-13(18)7-5-8(11(16)6-9(7)14)12-10(15)3-2-4-17-12/h2-6H,1H3. The van der Waals surface area contributed by atoms with E-state index < -0.39 is 17.6 Å². The summed E-state index contributed by atoms with van der Waals surface area (Å²) in [5.74, 6) is -2.20. The highest BCUT2D eigenvalue weighted by molar-refractivity contribution is 6.33. The van der Waals surface area contributed by atoms with Crippen LogP contribution in [0.5, 0.6) is 0 Å². The molecule has 0 aliphatic rings. The number of ether oxygens (including phenoxy) is 1. The van der Waals surface area contributed by atoms with Crippen LogP contribution >= 0.6 is 11.6 Å². The van der Waals surface area contributed by atoms with E-state index in [1.54, 1.807) is 0 Å². The first-order valence-corrected chi connectivity index (χ1v) is 5.60. The monoisotopic (exact) mass is 283 g/mol. The van der Waals surface area contributed by atoms with Gasteiger partial charge in [-0.1, -0.05) is 11.6 Å². The van der Waals surface area contributed by atoms with E-state index in [1.807, 2.05) is 0 Å². The molecule has 2 aromatic rings. The third-order valence-electron chi connectivity index (χ3n) is 2.48. The van der Waals surface area contributed by atoms with Crippen LogP contribution in [0.2, 0.25) is 5.02 Å². The summed E-state index contributed by atoms with van der Waals surface area (Å²) < 4.78 is 31.9. The molecule has 0 spiro atoms. The number of carbonyl (C=O) groups is 1. The average molecular weight is 284 g/mol. The molecule has 0 atom stereocenters. The second kappa shape index (κ2) is 5.32. The molecule has 2 rings (SSSR count). The van der Waals surface area contributed by atoms with Gasteiger partial charge < -0.3 is 4.74 Å². The lowest BCUT2D eigenvalue weighted by atomic mass is 10.1. The van der Waals surface area contributed by atoms with Gasteiger partial charge in [0.25, 0.3) is 0 Å². The Kier molecular flexibility index (Phi) is 3.76. The van der Waals surface area contributed by atoms with Crippen LogP contribution < -0.4 is 0 Å². The van der Waals surface area contributed by atoms with E-state index in [9.17, 15) is 13.6 Å². The molecule has 1 aromatic carbocycles. The maximum atomic E-state index is 13.8. The number of carbonyl (C=O) groups excluding carboxylic acids is 1. The summed E-state index contributed by atoms with van der Waals surface area (Å²) in [4.78, 5) is 15.2. The number of hydrogen-bond donors (Lipinski definition) is 0. The minimum absolute atomic E-state index is 0.0504. The molecule has 3 nitrogen and oxygen atoms in total. The highest BCUT2D eigenvalue weighted by Gasteiger charge is 2.18. The molecule has 0 radical (unpaired) electrons. The van der Waals surface area contributed by atoms with Crippen LogP contribution in [0.1, 0.15) is 10.4 Å². The van der Waals surface area contributed by atoms with Gasteiger partial charge in [-0.05, 0) is 24.3 Å². The molecule has 1 aromatic heterocycles. The average Bonchev–Trinajstić information content (AvgIpc) is 2.39. The summed E-state index contributed by atoms with van der Waals surface area (Å²) in [7, 11) is 1.17. The van der Waals surface area contributed by atoms with Gasteiger partial charge in [-0.25, -0.2) is 13.6 Å². The Bertz CT molecular complexity index is 647. The Morgan fingerprint density at radius 2 is 2.05 bits per heavy atom. The van der Waals surface area contributed by atoms with E-state index in [0.717, 1.165) is 18.2 Å². The van der Waals surface area contributed by atoms with E-state index in [0.29, 0.717) is 0 Å². The van der Waals surface area contributed by atoms with Crippen LogP contribution in [-0.4, -0.2) is 18.1 Å². The van der Waals surface area contributed by atoms with E-state index in [1.165, 1.54) is 19.4 Å². The molecule has 0 bridgehead atoms. The number of esters is 1. The van der Waals surface area contributed by atoms with E-state index in [2.05, 4.69) is 9.72 Å². The number of pyridine rings is 1. The maximum absolute atomic E-state index is 13.8. The summed E-state index contributed by atoms with van der Waals surface area (Å²) in [5.41, 5.74) is -0.393. The lowest BCUT2D eigenvalue weighted by Crippen LogP contribution is -2.04. The molecule has 0 fully saturated rings. The lowest BCUT2D eigenvalue weighted by molar-refractivity contribution is 0.0601. The molecule has 0 unspecified atom stereocenters. The zero-order chi connectivity index (χ0) is 14.0. The Labute approximate surface area is 112 Å². The largest absolute Gasteiger partial charge is 0.465 e. The number of nitrogens with zero attached hydrogens (tertiary/aromatic N) is 1. The van der Waals surface area contributed by atoms with E-state index >= 15 is 0 Å². The van der Waals surface area contributed by atoms with Crippen molar-refractivity contribution in [2.75, 3.05) is 7.11 Å². The van der Waals surface area contributed by atoms with Crippen molar-refractivity contribution in [1.29, 1.82) is 0 Å². The fourth-order valence-electron chi connectivity index (χ4n) is 1.58. The van der Waals surface area contributed by atoms with Gasteiger partial charge in [-0.3, -0.25) is 4.98 Å². The number of rotatable bonds is 2. The molecule has 0 N–H and O–H groups in total.